The lowest BCUT2D eigenvalue weighted by molar-refractivity contribution is 0.311. The minimum Gasteiger partial charge on any atom is -0.493 e. The van der Waals surface area contributed by atoms with Crippen molar-refractivity contribution in [1.29, 1.82) is 0 Å². The van der Waals surface area contributed by atoms with E-state index in [1.165, 1.54) is 22.1 Å². The van der Waals surface area contributed by atoms with E-state index in [4.69, 9.17) is 9.72 Å². The molecule has 2 aliphatic heterocycles. The molecule has 26 heavy (non-hydrogen) atoms. The Balaban J connectivity index is 1.78. The highest BCUT2D eigenvalue weighted by molar-refractivity contribution is 6.00. The zero-order valence-electron chi connectivity index (χ0n) is 15.1. The van der Waals surface area contributed by atoms with Gasteiger partial charge in [-0.2, -0.15) is 0 Å². The summed E-state index contributed by atoms with van der Waals surface area (Å²) < 4.78 is 6.08. The first kappa shape index (κ1) is 15.6. The van der Waals surface area contributed by atoms with Crippen molar-refractivity contribution in [3.8, 4) is 16.9 Å². The molecule has 4 nitrogen and oxygen atoms in total. The highest BCUT2D eigenvalue weighted by Gasteiger charge is 2.25. The average molecular weight is 345 g/mol. The summed E-state index contributed by atoms with van der Waals surface area (Å²) in [4.78, 5) is 9.94. The minimum absolute atomic E-state index is 0.699. The maximum Gasteiger partial charge on any atom is 0.133 e. The van der Waals surface area contributed by atoms with Gasteiger partial charge in [-0.1, -0.05) is 36.4 Å². The van der Waals surface area contributed by atoms with E-state index in [2.05, 4.69) is 65.4 Å². The Morgan fingerprint density at radius 2 is 1.69 bits per heavy atom. The van der Waals surface area contributed by atoms with Gasteiger partial charge in [-0.05, 0) is 19.2 Å². The molecule has 2 aromatic carbocycles. The second-order valence-electron chi connectivity index (χ2n) is 7.19. The lowest BCUT2D eigenvalue weighted by Crippen LogP contribution is -2.45. The number of hydrogen-bond donors (Lipinski definition) is 0. The van der Waals surface area contributed by atoms with Crippen LogP contribution in [0.4, 0.5) is 5.82 Å². The van der Waals surface area contributed by atoms with Gasteiger partial charge in [0, 0.05) is 54.7 Å². The number of nitrogens with zero attached hydrogens (tertiary/aromatic N) is 3. The van der Waals surface area contributed by atoms with Gasteiger partial charge in [0.2, 0.25) is 0 Å². The molecule has 0 N–H and O–H groups in total. The molecule has 132 valence electrons. The van der Waals surface area contributed by atoms with Crippen molar-refractivity contribution in [2.75, 3.05) is 44.7 Å². The number of anilines is 1. The molecule has 0 spiro atoms. The van der Waals surface area contributed by atoms with Crippen LogP contribution in [0.25, 0.3) is 22.0 Å². The molecule has 1 saturated heterocycles. The molecule has 0 bridgehead atoms. The summed E-state index contributed by atoms with van der Waals surface area (Å²) in [6.45, 7) is 4.91. The van der Waals surface area contributed by atoms with E-state index < -0.39 is 0 Å². The molecule has 1 aromatic heterocycles. The SMILES string of the molecule is CN1CCN(c2nc3ccccc3c3c2CCOc2ccccc2-3)CC1. The van der Waals surface area contributed by atoms with Crippen LogP contribution in [-0.2, 0) is 6.42 Å². The smallest absolute Gasteiger partial charge is 0.133 e. The van der Waals surface area contributed by atoms with Crippen molar-refractivity contribution in [1.82, 2.24) is 9.88 Å². The summed E-state index contributed by atoms with van der Waals surface area (Å²) in [5.74, 6) is 2.12. The van der Waals surface area contributed by atoms with Gasteiger partial charge < -0.3 is 14.5 Å². The van der Waals surface area contributed by atoms with E-state index in [-0.39, 0.29) is 0 Å². The summed E-state index contributed by atoms with van der Waals surface area (Å²) in [6, 6.07) is 16.9. The Labute approximate surface area is 154 Å². The molecule has 0 saturated carbocycles. The first-order chi connectivity index (χ1) is 12.8. The number of pyridine rings is 1. The summed E-state index contributed by atoms with van der Waals surface area (Å²) in [5, 5.41) is 1.22. The van der Waals surface area contributed by atoms with Crippen LogP contribution >= 0.6 is 0 Å². The Hall–Kier alpha value is -2.59. The normalized spacial score (nSPS) is 17.3. The van der Waals surface area contributed by atoms with Gasteiger partial charge in [0.1, 0.15) is 11.6 Å². The third-order valence-electron chi connectivity index (χ3n) is 5.54. The van der Waals surface area contributed by atoms with E-state index >= 15 is 0 Å². The zero-order valence-corrected chi connectivity index (χ0v) is 15.1. The van der Waals surface area contributed by atoms with Gasteiger partial charge in [-0.25, -0.2) is 4.98 Å². The number of likely N-dealkylation sites (N-methyl/N-ethyl adjacent to an activating group) is 1. The molecule has 4 heteroatoms. The summed E-state index contributed by atoms with van der Waals surface area (Å²) in [6.07, 6.45) is 0.892. The molecular weight excluding hydrogens is 322 g/mol. The van der Waals surface area contributed by atoms with E-state index in [1.54, 1.807) is 0 Å². The molecule has 0 radical (unpaired) electrons. The van der Waals surface area contributed by atoms with Gasteiger partial charge in [0.25, 0.3) is 0 Å². The topological polar surface area (TPSA) is 28.6 Å². The highest BCUT2D eigenvalue weighted by atomic mass is 16.5. The van der Waals surface area contributed by atoms with E-state index in [1.807, 2.05) is 0 Å². The van der Waals surface area contributed by atoms with Crippen molar-refractivity contribution in [2.24, 2.45) is 0 Å². The predicted octanol–water partition coefficient (Wildman–Crippen LogP) is 3.59. The summed E-state index contributed by atoms with van der Waals surface area (Å²) in [7, 11) is 2.19. The van der Waals surface area contributed by atoms with Crippen molar-refractivity contribution in [3.63, 3.8) is 0 Å². The average Bonchev–Trinajstić information content (AvgIpc) is 2.88. The highest BCUT2D eigenvalue weighted by Crippen LogP contribution is 2.42. The monoisotopic (exact) mass is 345 g/mol. The quantitative estimate of drug-likeness (QED) is 0.674. The fourth-order valence-corrected chi connectivity index (χ4v) is 4.12. The molecule has 0 unspecified atom stereocenters. The fraction of sp³-hybridized carbons (Fsp3) is 0.318. The van der Waals surface area contributed by atoms with E-state index in [0.717, 1.165) is 49.7 Å². The Morgan fingerprint density at radius 3 is 2.58 bits per heavy atom. The van der Waals surface area contributed by atoms with Crippen LogP contribution < -0.4 is 9.64 Å². The number of benzene rings is 2. The molecule has 0 aliphatic carbocycles. The first-order valence-corrected chi connectivity index (χ1v) is 9.38. The third kappa shape index (κ3) is 2.53. The number of para-hydroxylation sites is 2. The Bertz CT molecular complexity index is 961. The largest absolute Gasteiger partial charge is 0.493 e. The predicted molar refractivity (Wildman–Crippen MR) is 106 cm³/mol. The molecular formula is C22H23N3O. The van der Waals surface area contributed by atoms with Crippen molar-refractivity contribution in [3.05, 3.63) is 54.1 Å². The first-order valence-electron chi connectivity index (χ1n) is 9.38. The fourth-order valence-electron chi connectivity index (χ4n) is 4.12. The van der Waals surface area contributed by atoms with Gasteiger partial charge in [-0.3, -0.25) is 0 Å². The van der Waals surface area contributed by atoms with Crippen LogP contribution in [0, 0.1) is 0 Å². The molecule has 5 rings (SSSR count). The number of hydrogen-bond acceptors (Lipinski definition) is 4. The lowest BCUT2D eigenvalue weighted by atomic mass is 9.94. The number of rotatable bonds is 1. The maximum absolute atomic E-state index is 6.08. The van der Waals surface area contributed by atoms with Gasteiger partial charge in [0.15, 0.2) is 0 Å². The molecule has 0 amide bonds. The van der Waals surface area contributed by atoms with Gasteiger partial charge in [-0.15, -0.1) is 0 Å². The second kappa shape index (κ2) is 6.29. The summed E-state index contributed by atoms with van der Waals surface area (Å²) >= 11 is 0. The lowest BCUT2D eigenvalue weighted by Gasteiger charge is -2.35. The number of aromatic nitrogens is 1. The van der Waals surface area contributed by atoms with Crippen molar-refractivity contribution < 1.29 is 4.74 Å². The van der Waals surface area contributed by atoms with Crippen LogP contribution in [0.3, 0.4) is 0 Å². The van der Waals surface area contributed by atoms with Crippen LogP contribution in [0.1, 0.15) is 5.56 Å². The number of fused-ring (bicyclic) bond motifs is 5. The third-order valence-corrected chi connectivity index (χ3v) is 5.54. The molecule has 3 aromatic rings. The van der Waals surface area contributed by atoms with Crippen LogP contribution in [0.2, 0.25) is 0 Å². The maximum atomic E-state index is 6.08. The van der Waals surface area contributed by atoms with Gasteiger partial charge >= 0.3 is 0 Å². The van der Waals surface area contributed by atoms with Crippen molar-refractivity contribution in [2.45, 2.75) is 6.42 Å². The van der Waals surface area contributed by atoms with Crippen LogP contribution in [-0.4, -0.2) is 49.7 Å². The van der Waals surface area contributed by atoms with E-state index in [9.17, 15) is 0 Å². The minimum atomic E-state index is 0.699. The molecule has 1 fully saturated rings. The standard InChI is InChI=1S/C22H23N3O/c1-24-11-13-25(14-12-24)22-18-10-15-26-20-9-5-3-7-17(20)21(18)16-6-2-4-8-19(16)23-22/h2-9H,10-15H2,1H3. The number of piperazine rings is 1. The van der Waals surface area contributed by atoms with Crippen LogP contribution in [0.15, 0.2) is 48.5 Å². The van der Waals surface area contributed by atoms with E-state index in [0.29, 0.717) is 6.61 Å². The Morgan fingerprint density at radius 1 is 0.923 bits per heavy atom. The van der Waals surface area contributed by atoms with Crippen LogP contribution in [0.5, 0.6) is 5.75 Å². The number of ether oxygens (including phenoxy) is 1. The molecule has 3 heterocycles. The second-order valence-corrected chi connectivity index (χ2v) is 7.19. The van der Waals surface area contributed by atoms with Gasteiger partial charge in [0.05, 0.1) is 12.1 Å². The Kier molecular flexibility index (Phi) is 3.79. The molecule has 0 atom stereocenters. The molecule has 2 aliphatic rings. The van der Waals surface area contributed by atoms with Crippen molar-refractivity contribution >= 4 is 16.7 Å². The zero-order chi connectivity index (χ0) is 17.5. The summed E-state index contributed by atoms with van der Waals surface area (Å²) in [5.41, 5.74) is 4.89.